The molecule has 0 heterocycles. The van der Waals surface area contributed by atoms with Crippen LogP contribution in [-0.4, -0.2) is 65.2 Å². The molecule has 0 aliphatic carbocycles. The van der Waals surface area contributed by atoms with Crippen molar-refractivity contribution in [2.24, 2.45) is 0 Å². The van der Waals surface area contributed by atoms with E-state index in [4.69, 9.17) is 29.8 Å². The Morgan fingerprint density at radius 1 is 0.950 bits per heavy atom. The van der Waals surface area contributed by atoms with Gasteiger partial charge in [0.15, 0.2) is 0 Å². The van der Waals surface area contributed by atoms with Crippen LogP contribution in [0.3, 0.4) is 0 Å². The highest BCUT2D eigenvalue weighted by Gasteiger charge is 2.34. The SMILES string of the molecule is O=C(O)CCC(C(=O)O)N(CP(=O)(O)O)CP(=O)(O)O. The molecule has 0 amide bonds. The largest absolute Gasteiger partial charge is 0.481 e. The number of rotatable bonds is 9. The van der Waals surface area contributed by atoms with Crippen LogP contribution in [0.4, 0.5) is 0 Å². The Morgan fingerprint density at radius 2 is 1.35 bits per heavy atom. The van der Waals surface area contributed by atoms with E-state index in [1.165, 1.54) is 0 Å². The summed E-state index contributed by atoms with van der Waals surface area (Å²) in [4.78, 5) is 57.0. The van der Waals surface area contributed by atoms with Crippen molar-refractivity contribution in [3.8, 4) is 0 Å². The van der Waals surface area contributed by atoms with Gasteiger partial charge in [-0.05, 0) is 6.42 Å². The summed E-state index contributed by atoms with van der Waals surface area (Å²) in [5.41, 5.74) is 0. The van der Waals surface area contributed by atoms with Crippen LogP contribution in [0.2, 0.25) is 0 Å². The van der Waals surface area contributed by atoms with Crippen molar-refractivity contribution < 1.29 is 48.5 Å². The third-order valence-corrected chi connectivity index (χ3v) is 3.55. The van der Waals surface area contributed by atoms with Crippen LogP contribution >= 0.6 is 15.2 Å². The van der Waals surface area contributed by atoms with Gasteiger partial charge in [0.2, 0.25) is 0 Å². The van der Waals surface area contributed by atoms with Crippen molar-refractivity contribution in [3.63, 3.8) is 0 Å². The Labute approximate surface area is 113 Å². The lowest BCUT2D eigenvalue weighted by molar-refractivity contribution is -0.143. The molecule has 0 aliphatic rings. The molecule has 0 spiro atoms. The fraction of sp³-hybridized carbons (Fsp3) is 0.714. The van der Waals surface area contributed by atoms with E-state index in [2.05, 4.69) is 0 Å². The van der Waals surface area contributed by atoms with E-state index < -0.39 is 58.6 Å². The number of carboxylic acids is 2. The zero-order valence-corrected chi connectivity index (χ0v) is 11.9. The first-order valence-electron chi connectivity index (χ1n) is 5.09. The quantitative estimate of drug-likeness (QED) is 0.279. The highest BCUT2D eigenvalue weighted by atomic mass is 31.2. The molecule has 0 saturated heterocycles. The summed E-state index contributed by atoms with van der Waals surface area (Å²) in [5, 5.41) is 17.4. The van der Waals surface area contributed by atoms with Crippen molar-refractivity contribution in [1.82, 2.24) is 4.90 Å². The van der Waals surface area contributed by atoms with Gasteiger partial charge in [-0.15, -0.1) is 0 Å². The first-order chi connectivity index (χ1) is 8.82. The topological polar surface area (TPSA) is 193 Å². The number of nitrogens with zero attached hydrogens (tertiary/aromatic N) is 1. The molecule has 0 aromatic rings. The zero-order valence-electron chi connectivity index (χ0n) is 10.1. The number of hydrogen-bond donors (Lipinski definition) is 6. The third kappa shape index (κ3) is 9.16. The van der Waals surface area contributed by atoms with Gasteiger partial charge in [0, 0.05) is 6.42 Å². The molecule has 6 N–H and O–H groups in total. The fourth-order valence-corrected chi connectivity index (χ4v) is 3.14. The normalized spacial score (nSPS) is 14.2. The van der Waals surface area contributed by atoms with Gasteiger partial charge in [-0.25, -0.2) is 0 Å². The van der Waals surface area contributed by atoms with Gasteiger partial charge in [-0.3, -0.25) is 23.6 Å². The van der Waals surface area contributed by atoms with Crippen molar-refractivity contribution in [2.45, 2.75) is 18.9 Å². The Balaban J connectivity index is 5.19. The molecule has 118 valence electrons. The second-order valence-corrected chi connectivity index (χ2v) is 7.21. The first-order valence-corrected chi connectivity index (χ1v) is 8.69. The third-order valence-electron chi connectivity index (χ3n) is 2.09. The van der Waals surface area contributed by atoms with Crippen molar-refractivity contribution in [1.29, 1.82) is 0 Å². The standard InChI is InChI=1S/C7H15NO10P2/c9-6(10)2-1-5(7(11)12)8(3-19(13,14)15)4-20(16,17)18/h5H,1-4H2,(H,9,10)(H,11,12)(H2,13,14,15)(H2,16,17,18). The van der Waals surface area contributed by atoms with Gasteiger partial charge in [0.25, 0.3) is 0 Å². The van der Waals surface area contributed by atoms with Gasteiger partial charge in [0.05, 0.1) is 0 Å². The Kier molecular flexibility index (Phi) is 6.99. The molecule has 0 bridgehead atoms. The predicted molar refractivity (Wildman–Crippen MR) is 64.0 cm³/mol. The zero-order chi connectivity index (χ0) is 16.1. The summed E-state index contributed by atoms with van der Waals surface area (Å²) in [6.07, 6.45) is -3.58. The maximum atomic E-state index is 11.0. The van der Waals surface area contributed by atoms with E-state index in [0.29, 0.717) is 4.90 Å². The molecule has 13 heteroatoms. The minimum atomic E-state index is -4.78. The summed E-state index contributed by atoms with van der Waals surface area (Å²) in [6.45, 7) is 0. The number of hydrogen-bond acceptors (Lipinski definition) is 5. The number of aliphatic carboxylic acids is 2. The number of carbonyl (C=O) groups is 2. The molecule has 0 aromatic heterocycles. The van der Waals surface area contributed by atoms with Gasteiger partial charge in [0.1, 0.15) is 18.6 Å². The highest BCUT2D eigenvalue weighted by Crippen LogP contribution is 2.42. The molecular formula is C7H15NO10P2. The Bertz CT molecular complexity index is 429. The molecule has 1 unspecified atom stereocenters. The van der Waals surface area contributed by atoms with E-state index >= 15 is 0 Å². The second kappa shape index (κ2) is 7.28. The van der Waals surface area contributed by atoms with Gasteiger partial charge in [-0.2, -0.15) is 0 Å². The minimum absolute atomic E-state index is 0.382. The lowest BCUT2D eigenvalue weighted by Crippen LogP contribution is -2.42. The monoisotopic (exact) mass is 335 g/mol. The van der Waals surface area contributed by atoms with Gasteiger partial charge >= 0.3 is 27.1 Å². The van der Waals surface area contributed by atoms with Crippen LogP contribution in [0.15, 0.2) is 0 Å². The van der Waals surface area contributed by atoms with Crippen LogP contribution in [0.1, 0.15) is 12.8 Å². The van der Waals surface area contributed by atoms with E-state index in [9.17, 15) is 18.7 Å². The van der Waals surface area contributed by atoms with E-state index in [1.807, 2.05) is 0 Å². The van der Waals surface area contributed by atoms with Crippen LogP contribution in [0, 0.1) is 0 Å². The maximum Gasteiger partial charge on any atom is 0.339 e. The van der Waals surface area contributed by atoms with Crippen molar-refractivity contribution >= 4 is 27.1 Å². The second-order valence-electron chi connectivity index (χ2n) is 3.99. The summed E-state index contributed by atoms with van der Waals surface area (Å²) in [5.74, 6) is -2.98. The summed E-state index contributed by atoms with van der Waals surface area (Å²) >= 11 is 0. The lowest BCUT2D eigenvalue weighted by atomic mass is 10.1. The average Bonchev–Trinajstić information content (AvgIpc) is 2.10. The molecular weight excluding hydrogens is 320 g/mol. The molecule has 20 heavy (non-hydrogen) atoms. The van der Waals surface area contributed by atoms with Crippen LogP contribution in [0.25, 0.3) is 0 Å². The smallest absolute Gasteiger partial charge is 0.339 e. The average molecular weight is 335 g/mol. The summed E-state index contributed by atoms with van der Waals surface area (Å²) in [7, 11) is -9.55. The first kappa shape index (κ1) is 19.2. The summed E-state index contributed by atoms with van der Waals surface area (Å²) in [6, 6.07) is -1.73. The molecule has 11 nitrogen and oxygen atoms in total. The van der Waals surface area contributed by atoms with E-state index in [0.717, 1.165) is 0 Å². The Morgan fingerprint density at radius 3 is 1.60 bits per heavy atom. The van der Waals surface area contributed by atoms with Crippen LogP contribution < -0.4 is 0 Å². The molecule has 0 aliphatic heterocycles. The summed E-state index contributed by atoms with van der Waals surface area (Å²) < 4.78 is 21.8. The number of carboxylic acid groups (broad SMARTS) is 2. The highest BCUT2D eigenvalue weighted by molar-refractivity contribution is 7.52. The van der Waals surface area contributed by atoms with Crippen molar-refractivity contribution in [2.75, 3.05) is 12.6 Å². The molecule has 0 fully saturated rings. The van der Waals surface area contributed by atoms with Gasteiger partial charge < -0.3 is 29.8 Å². The maximum absolute atomic E-state index is 11.0. The Hall–Kier alpha value is -0.800. The lowest BCUT2D eigenvalue weighted by Gasteiger charge is -2.28. The van der Waals surface area contributed by atoms with Crippen LogP contribution in [0.5, 0.6) is 0 Å². The van der Waals surface area contributed by atoms with E-state index in [1.54, 1.807) is 0 Å². The predicted octanol–water partition coefficient (Wildman–Crippen LogP) is -1.12. The fourth-order valence-electron chi connectivity index (χ4n) is 1.44. The van der Waals surface area contributed by atoms with Crippen molar-refractivity contribution in [3.05, 3.63) is 0 Å². The molecule has 0 rings (SSSR count). The van der Waals surface area contributed by atoms with Gasteiger partial charge in [-0.1, -0.05) is 0 Å². The van der Waals surface area contributed by atoms with E-state index in [-0.39, 0.29) is 0 Å². The molecule has 0 radical (unpaired) electrons. The molecule has 0 aromatic carbocycles. The molecule has 0 saturated carbocycles. The minimum Gasteiger partial charge on any atom is -0.481 e. The van der Waals surface area contributed by atoms with Crippen LogP contribution in [-0.2, 0) is 18.7 Å². The molecule has 1 atom stereocenters.